The molecule has 46 heavy (non-hydrogen) atoms. The number of nitrogens with zero attached hydrogens (tertiary/aromatic N) is 2. The minimum absolute atomic E-state index is 0.0233. The van der Waals surface area contributed by atoms with Crippen LogP contribution in [0.1, 0.15) is 91.7 Å². The summed E-state index contributed by atoms with van der Waals surface area (Å²) >= 11 is 0. The number of H-pyrrole nitrogens is 2. The maximum absolute atomic E-state index is 12.5. The van der Waals surface area contributed by atoms with E-state index in [0.717, 1.165) is 45.3 Å². The molecule has 0 aliphatic heterocycles. The van der Waals surface area contributed by atoms with Crippen LogP contribution in [0.2, 0.25) is 0 Å². The van der Waals surface area contributed by atoms with E-state index in [-0.39, 0.29) is 35.5 Å². The lowest BCUT2D eigenvalue weighted by Crippen LogP contribution is -2.29. The van der Waals surface area contributed by atoms with Crippen LogP contribution in [-0.4, -0.2) is 44.8 Å². The average Bonchev–Trinajstić information content (AvgIpc) is 3.71. The molecule has 4 aromatic rings. The zero-order valence-corrected chi connectivity index (χ0v) is 28.8. The summed E-state index contributed by atoms with van der Waals surface area (Å²) in [7, 11) is 0. The molecule has 2 aromatic carbocycles. The Morgan fingerprint density at radius 1 is 0.565 bits per heavy atom. The van der Waals surface area contributed by atoms with Crippen LogP contribution in [0.25, 0.3) is 33.6 Å². The van der Waals surface area contributed by atoms with E-state index in [9.17, 15) is 9.59 Å². The van der Waals surface area contributed by atoms with Gasteiger partial charge in [-0.05, 0) is 45.9 Å². The number of rotatable bonds is 15. The van der Waals surface area contributed by atoms with Gasteiger partial charge < -0.3 is 20.6 Å². The van der Waals surface area contributed by atoms with Gasteiger partial charge in [-0.1, -0.05) is 104 Å². The van der Waals surface area contributed by atoms with Crippen molar-refractivity contribution in [3.63, 3.8) is 0 Å². The molecule has 2 atom stereocenters. The highest BCUT2D eigenvalue weighted by atomic mass is 16.2. The van der Waals surface area contributed by atoms with Gasteiger partial charge in [0, 0.05) is 37.8 Å². The first-order chi connectivity index (χ1) is 21.9. The Kier molecular flexibility index (Phi) is 12.0. The predicted octanol–water partition coefficient (Wildman–Crippen LogP) is 7.94. The van der Waals surface area contributed by atoms with Crippen molar-refractivity contribution in [2.45, 2.75) is 80.1 Å². The first-order valence-electron chi connectivity index (χ1n) is 16.8. The van der Waals surface area contributed by atoms with E-state index in [1.165, 1.54) is 0 Å². The number of carbonyl (C=O) groups excluding carboxylic acids is 2. The van der Waals surface area contributed by atoms with Crippen LogP contribution in [0.5, 0.6) is 0 Å². The average molecular weight is 625 g/mol. The molecular weight excluding hydrogens is 572 g/mol. The highest BCUT2D eigenvalue weighted by Gasteiger charge is 2.24. The molecule has 0 aliphatic rings. The molecule has 0 saturated carbocycles. The van der Waals surface area contributed by atoms with Crippen molar-refractivity contribution in [1.82, 2.24) is 30.6 Å². The van der Waals surface area contributed by atoms with Crippen LogP contribution >= 0.6 is 0 Å². The summed E-state index contributed by atoms with van der Waals surface area (Å²) in [6, 6.07) is 16.9. The van der Waals surface area contributed by atoms with E-state index in [2.05, 4.69) is 134 Å². The van der Waals surface area contributed by atoms with E-state index in [4.69, 9.17) is 0 Å². The summed E-state index contributed by atoms with van der Waals surface area (Å²) in [6.07, 6.45) is 4.56. The molecule has 0 radical (unpaired) electrons. The minimum atomic E-state index is 0.0233. The number of imidazole rings is 2. The van der Waals surface area contributed by atoms with E-state index in [1.54, 1.807) is 0 Å². The molecule has 0 unspecified atom stereocenters. The van der Waals surface area contributed by atoms with E-state index in [0.29, 0.717) is 37.8 Å². The summed E-state index contributed by atoms with van der Waals surface area (Å²) in [5.41, 5.74) is 6.22. The van der Waals surface area contributed by atoms with Gasteiger partial charge in [0.2, 0.25) is 11.8 Å². The van der Waals surface area contributed by atoms with E-state index in [1.807, 2.05) is 12.4 Å². The molecule has 4 N–H and O–H groups in total. The van der Waals surface area contributed by atoms with Crippen molar-refractivity contribution < 1.29 is 9.59 Å². The number of amides is 2. The number of carbonyl (C=O) groups is 2. The van der Waals surface area contributed by atoms with Gasteiger partial charge >= 0.3 is 0 Å². The fraction of sp³-hybridized carbons (Fsp3) is 0.474. The van der Waals surface area contributed by atoms with Gasteiger partial charge in [0.1, 0.15) is 11.6 Å². The molecule has 2 aromatic heterocycles. The third-order valence-corrected chi connectivity index (χ3v) is 8.45. The zero-order valence-electron chi connectivity index (χ0n) is 28.8. The summed E-state index contributed by atoms with van der Waals surface area (Å²) in [5.74, 6) is 3.27. The standard InChI is InChI=1S/C38H52N6O2/c1-23(2)19-39-35(45)17-31(25(5)6)37-41-21-33(43-37)29-13-9-27(10-14-29)28-11-15-30(16-12-28)34-22-42-38(44-34)32(26(7)8)18-36(46)40-20-24(3)4/h9-16,21-26,31-32H,17-20H2,1-8H3,(H,39,45)(H,40,46)(H,41,43)(H,42,44)/t31-,32-/m0/s1. The molecule has 8 nitrogen and oxygen atoms in total. The number of nitrogens with one attached hydrogen (secondary N) is 4. The zero-order chi connectivity index (χ0) is 33.4. The Morgan fingerprint density at radius 2 is 0.891 bits per heavy atom. The molecule has 0 fully saturated rings. The second kappa shape index (κ2) is 15.9. The third kappa shape index (κ3) is 9.41. The van der Waals surface area contributed by atoms with Crippen molar-refractivity contribution in [2.24, 2.45) is 23.7 Å². The number of aromatic nitrogens is 4. The molecular formula is C38H52N6O2. The lowest BCUT2D eigenvalue weighted by molar-refractivity contribution is -0.122. The second-order valence-corrected chi connectivity index (χ2v) is 14.0. The van der Waals surface area contributed by atoms with Gasteiger partial charge in [-0.2, -0.15) is 0 Å². The normalized spacial score (nSPS) is 13.0. The quantitative estimate of drug-likeness (QED) is 0.107. The maximum atomic E-state index is 12.5. The number of hydrogen-bond acceptors (Lipinski definition) is 4. The molecule has 0 saturated heterocycles. The summed E-state index contributed by atoms with van der Waals surface area (Å²) in [6.45, 7) is 18.3. The Morgan fingerprint density at radius 3 is 1.20 bits per heavy atom. The van der Waals surface area contributed by atoms with Crippen LogP contribution in [0.4, 0.5) is 0 Å². The highest BCUT2D eigenvalue weighted by molar-refractivity contribution is 5.77. The lowest BCUT2D eigenvalue weighted by atomic mass is 9.91. The molecule has 8 heteroatoms. The van der Waals surface area contributed by atoms with Gasteiger partial charge in [0.05, 0.1) is 23.8 Å². The largest absolute Gasteiger partial charge is 0.356 e. The van der Waals surface area contributed by atoms with Crippen molar-refractivity contribution in [2.75, 3.05) is 13.1 Å². The topological polar surface area (TPSA) is 116 Å². The molecule has 0 bridgehead atoms. The van der Waals surface area contributed by atoms with E-state index >= 15 is 0 Å². The van der Waals surface area contributed by atoms with Crippen molar-refractivity contribution in [1.29, 1.82) is 0 Å². The lowest BCUT2D eigenvalue weighted by Gasteiger charge is -2.18. The molecule has 0 aliphatic carbocycles. The Balaban J connectivity index is 1.42. The minimum Gasteiger partial charge on any atom is -0.356 e. The van der Waals surface area contributed by atoms with E-state index < -0.39 is 0 Å². The summed E-state index contributed by atoms with van der Waals surface area (Å²) < 4.78 is 0. The molecule has 4 rings (SSSR count). The summed E-state index contributed by atoms with van der Waals surface area (Å²) in [4.78, 5) is 41.4. The molecule has 2 heterocycles. The van der Waals surface area contributed by atoms with Gasteiger partial charge in [-0.15, -0.1) is 0 Å². The molecule has 2 amide bonds. The number of benzene rings is 2. The van der Waals surface area contributed by atoms with Crippen molar-refractivity contribution in [3.05, 3.63) is 72.6 Å². The summed E-state index contributed by atoms with van der Waals surface area (Å²) in [5, 5.41) is 6.07. The number of aromatic amines is 2. The third-order valence-electron chi connectivity index (χ3n) is 8.45. The van der Waals surface area contributed by atoms with Crippen LogP contribution in [-0.2, 0) is 9.59 Å². The van der Waals surface area contributed by atoms with Crippen LogP contribution in [0.3, 0.4) is 0 Å². The van der Waals surface area contributed by atoms with Crippen LogP contribution < -0.4 is 10.6 Å². The monoisotopic (exact) mass is 624 g/mol. The van der Waals surface area contributed by atoms with Gasteiger partial charge in [0.15, 0.2) is 0 Å². The van der Waals surface area contributed by atoms with Gasteiger partial charge in [-0.3, -0.25) is 9.59 Å². The second-order valence-electron chi connectivity index (χ2n) is 14.0. The van der Waals surface area contributed by atoms with Crippen molar-refractivity contribution >= 4 is 11.8 Å². The fourth-order valence-corrected chi connectivity index (χ4v) is 5.50. The van der Waals surface area contributed by atoms with Gasteiger partial charge in [0.25, 0.3) is 0 Å². The van der Waals surface area contributed by atoms with Crippen molar-refractivity contribution in [3.8, 4) is 33.6 Å². The first kappa shape index (κ1) is 34.7. The SMILES string of the molecule is CC(C)CNC(=O)C[C@H](c1ncc(-c2ccc(-c3ccc(-c4cnc([C@@H](CC(=O)NCC(C)C)C(C)C)[nH]4)cc3)cc2)[nH]1)C(C)C. The Bertz CT molecular complexity index is 1430. The first-order valence-corrected chi connectivity index (χ1v) is 16.8. The highest BCUT2D eigenvalue weighted by Crippen LogP contribution is 2.31. The van der Waals surface area contributed by atoms with Crippen LogP contribution in [0.15, 0.2) is 60.9 Å². The number of hydrogen-bond donors (Lipinski definition) is 4. The Labute approximate surface area is 274 Å². The smallest absolute Gasteiger partial charge is 0.220 e. The predicted molar refractivity (Wildman–Crippen MR) is 187 cm³/mol. The molecule has 0 spiro atoms. The Hall–Kier alpha value is -4.20. The fourth-order valence-electron chi connectivity index (χ4n) is 5.50. The molecule has 246 valence electrons. The van der Waals surface area contributed by atoms with Crippen LogP contribution in [0, 0.1) is 23.7 Å². The maximum Gasteiger partial charge on any atom is 0.220 e. The van der Waals surface area contributed by atoms with Gasteiger partial charge in [-0.25, -0.2) is 9.97 Å².